The third kappa shape index (κ3) is 2.52. The Kier molecular flexibility index (Phi) is 3.80. The number of piperazine rings is 6. The van der Waals surface area contributed by atoms with Gasteiger partial charge < -0.3 is 13.4 Å². The number of hydrogen-bond acceptors (Lipinski definition) is 1. The van der Waals surface area contributed by atoms with Gasteiger partial charge in [-0.3, -0.25) is 4.90 Å². The fourth-order valence-corrected chi connectivity index (χ4v) is 5.82. The van der Waals surface area contributed by atoms with Crippen LogP contribution < -0.4 is 0 Å². The van der Waals surface area contributed by atoms with Crippen LogP contribution in [-0.2, 0) is 0 Å². The minimum absolute atomic E-state index is 0.838. The molecule has 6 saturated heterocycles. The molecular formula is C18H37N4+3. The summed E-state index contributed by atoms with van der Waals surface area (Å²) in [6.45, 7) is 25.0. The maximum absolute atomic E-state index is 2.67. The van der Waals surface area contributed by atoms with E-state index in [9.17, 15) is 0 Å². The topological polar surface area (TPSA) is 3.24 Å². The summed E-state index contributed by atoms with van der Waals surface area (Å²) in [5, 5.41) is 0. The lowest BCUT2D eigenvalue weighted by molar-refractivity contribution is -1.09. The monoisotopic (exact) mass is 309 g/mol. The summed E-state index contributed by atoms with van der Waals surface area (Å²) in [4.78, 5) is 2.67. The van der Waals surface area contributed by atoms with Gasteiger partial charge in [-0.05, 0) is 13.8 Å². The molecule has 0 spiro atoms. The highest BCUT2D eigenvalue weighted by Crippen LogP contribution is 2.30. The fraction of sp³-hybridized carbons (Fsp3) is 1.00. The largest absolute Gasteiger partial charge is 0.320 e. The van der Waals surface area contributed by atoms with Crippen LogP contribution in [0.1, 0.15) is 20.3 Å². The molecule has 0 saturated carbocycles. The van der Waals surface area contributed by atoms with Crippen molar-refractivity contribution >= 4 is 0 Å². The molecule has 0 radical (unpaired) electrons. The molecule has 0 aromatic rings. The average Bonchev–Trinajstić information content (AvgIpc) is 2.58. The van der Waals surface area contributed by atoms with Crippen molar-refractivity contribution in [3.63, 3.8) is 0 Å². The SMILES string of the molecule is CC(C)[N+]12CC[N+](CCC[N+]34CCN(CC3)CC4)(CC1)CC2. The van der Waals surface area contributed by atoms with Gasteiger partial charge in [0.25, 0.3) is 0 Å². The Morgan fingerprint density at radius 3 is 1.59 bits per heavy atom. The molecular weight excluding hydrogens is 272 g/mol. The number of quaternary nitrogens is 3. The van der Waals surface area contributed by atoms with Gasteiger partial charge in [-0.1, -0.05) is 0 Å². The van der Waals surface area contributed by atoms with E-state index >= 15 is 0 Å². The standard InChI is InChI=1S/C18H37N4/c1-18(2)22-15-12-21(13-16-22,14-17-22)8-3-7-20-9-4-19(5-10-20)6-11-20/h18H,3-17H2,1-2H3/q+3. The van der Waals surface area contributed by atoms with Gasteiger partial charge in [0.15, 0.2) is 0 Å². The smallest absolute Gasteiger partial charge is 0.129 e. The van der Waals surface area contributed by atoms with Gasteiger partial charge >= 0.3 is 0 Å². The first-order chi connectivity index (χ1) is 10.6. The van der Waals surface area contributed by atoms with Crippen molar-refractivity contribution in [2.45, 2.75) is 26.3 Å². The fourth-order valence-electron chi connectivity index (χ4n) is 5.82. The van der Waals surface area contributed by atoms with Gasteiger partial charge in [-0.15, -0.1) is 0 Å². The van der Waals surface area contributed by atoms with Crippen LogP contribution in [0.3, 0.4) is 0 Å². The van der Waals surface area contributed by atoms with Crippen molar-refractivity contribution in [3.05, 3.63) is 0 Å². The highest BCUT2D eigenvalue weighted by atomic mass is 15.5. The van der Waals surface area contributed by atoms with E-state index in [1.165, 1.54) is 111 Å². The molecule has 6 fully saturated rings. The second-order valence-corrected chi connectivity index (χ2v) is 9.15. The molecule has 0 aromatic carbocycles. The molecule has 6 aliphatic heterocycles. The van der Waals surface area contributed by atoms with E-state index in [0.29, 0.717) is 0 Å². The number of hydrogen-bond donors (Lipinski definition) is 0. The van der Waals surface area contributed by atoms with Gasteiger partial charge in [0.1, 0.15) is 39.3 Å². The van der Waals surface area contributed by atoms with Crippen LogP contribution in [-0.4, -0.2) is 116 Å². The van der Waals surface area contributed by atoms with Crippen molar-refractivity contribution in [1.29, 1.82) is 0 Å². The Bertz CT molecular complexity index is 373. The van der Waals surface area contributed by atoms with Crippen LogP contribution in [0.5, 0.6) is 0 Å². The van der Waals surface area contributed by atoms with Crippen LogP contribution in [0.15, 0.2) is 0 Å². The zero-order valence-electron chi connectivity index (χ0n) is 15.0. The molecule has 0 amide bonds. The lowest BCUT2D eigenvalue weighted by Gasteiger charge is -2.57. The lowest BCUT2D eigenvalue weighted by Crippen LogP contribution is -2.76. The first kappa shape index (κ1) is 15.4. The van der Waals surface area contributed by atoms with E-state index in [-0.39, 0.29) is 0 Å². The van der Waals surface area contributed by atoms with Crippen molar-refractivity contribution in [3.8, 4) is 0 Å². The van der Waals surface area contributed by atoms with Crippen molar-refractivity contribution in [2.24, 2.45) is 0 Å². The number of nitrogens with zero attached hydrogens (tertiary/aromatic N) is 4. The minimum Gasteiger partial charge on any atom is -0.320 e. The van der Waals surface area contributed by atoms with Crippen LogP contribution in [0.2, 0.25) is 0 Å². The molecule has 6 heterocycles. The summed E-state index contributed by atoms with van der Waals surface area (Å²) in [6.07, 6.45) is 1.47. The van der Waals surface area contributed by atoms with Crippen LogP contribution in [0, 0.1) is 0 Å². The Labute approximate surface area is 137 Å². The summed E-state index contributed by atoms with van der Waals surface area (Å²) in [5.74, 6) is 0. The van der Waals surface area contributed by atoms with Crippen molar-refractivity contribution in [2.75, 3.05) is 91.6 Å². The Balaban J connectivity index is 1.30. The Morgan fingerprint density at radius 2 is 1.14 bits per heavy atom. The van der Waals surface area contributed by atoms with Gasteiger partial charge in [-0.2, -0.15) is 0 Å². The van der Waals surface area contributed by atoms with Crippen LogP contribution >= 0.6 is 0 Å². The van der Waals surface area contributed by atoms with E-state index in [4.69, 9.17) is 0 Å². The summed E-state index contributed by atoms with van der Waals surface area (Å²) < 4.78 is 4.36. The lowest BCUT2D eigenvalue weighted by atomic mass is 10.0. The van der Waals surface area contributed by atoms with E-state index in [0.717, 1.165) is 6.04 Å². The Hall–Kier alpha value is -0.160. The van der Waals surface area contributed by atoms with Gasteiger partial charge in [0, 0.05) is 26.1 Å². The Morgan fingerprint density at radius 1 is 0.682 bits per heavy atom. The molecule has 4 bridgehead atoms. The first-order valence-electron chi connectivity index (χ1n) is 9.84. The molecule has 0 aromatic heterocycles. The predicted molar refractivity (Wildman–Crippen MR) is 90.5 cm³/mol. The zero-order valence-corrected chi connectivity index (χ0v) is 15.0. The van der Waals surface area contributed by atoms with E-state index in [2.05, 4.69) is 18.7 Å². The molecule has 6 rings (SSSR count). The van der Waals surface area contributed by atoms with E-state index in [1.54, 1.807) is 0 Å². The normalized spacial score (nSPS) is 47.3. The molecule has 6 aliphatic rings. The minimum atomic E-state index is 0.838. The third-order valence-electron chi connectivity index (χ3n) is 8.09. The van der Waals surface area contributed by atoms with Gasteiger partial charge in [0.05, 0.1) is 38.8 Å². The van der Waals surface area contributed by atoms with Crippen LogP contribution in [0.4, 0.5) is 0 Å². The molecule has 22 heavy (non-hydrogen) atoms. The van der Waals surface area contributed by atoms with E-state index in [1.807, 2.05) is 0 Å². The quantitative estimate of drug-likeness (QED) is 0.672. The maximum atomic E-state index is 2.67. The van der Waals surface area contributed by atoms with E-state index < -0.39 is 0 Å². The summed E-state index contributed by atoms with van der Waals surface area (Å²) in [7, 11) is 0. The van der Waals surface area contributed by atoms with Gasteiger partial charge in [-0.25, -0.2) is 0 Å². The molecule has 0 N–H and O–H groups in total. The molecule has 0 aliphatic carbocycles. The summed E-state index contributed by atoms with van der Waals surface area (Å²) in [6, 6.07) is 0.838. The second-order valence-electron chi connectivity index (χ2n) is 9.15. The average molecular weight is 310 g/mol. The highest BCUT2D eigenvalue weighted by Gasteiger charge is 2.50. The molecule has 4 heteroatoms. The zero-order chi connectivity index (χ0) is 15.3. The van der Waals surface area contributed by atoms with Gasteiger partial charge in [0.2, 0.25) is 0 Å². The first-order valence-corrected chi connectivity index (χ1v) is 9.84. The summed E-state index contributed by atoms with van der Waals surface area (Å²) in [5.41, 5.74) is 0. The van der Waals surface area contributed by atoms with Crippen molar-refractivity contribution in [1.82, 2.24) is 4.90 Å². The molecule has 0 unspecified atom stereocenters. The third-order valence-corrected chi connectivity index (χ3v) is 8.09. The number of fused-ring (bicyclic) bond motifs is 6. The molecule has 4 nitrogen and oxygen atoms in total. The van der Waals surface area contributed by atoms with Crippen LogP contribution in [0.25, 0.3) is 0 Å². The highest BCUT2D eigenvalue weighted by molar-refractivity contribution is 4.71. The summed E-state index contributed by atoms with van der Waals surface area (Å²) >= 11 is 0. The van der Waals surface area contributed by atoms with Crippen molar-refractivity contribution < 1.29 is 13.4 Å². The second kappa shape index (κ2) is 5.44. The molecule has 126 valence electrons. The predicted octanol–water partition coefficient (Wildman–Crippen LogP) is 0.592. The number of rotatable bonds is 5. The molecule has 0 atom stereocenters. The maximum Gasteiger partial charge on any atom is 0.129 e.